The second kappa shape index (κ2) is 11.7. The lowest BCUT2D eigenvalue weighted by Crippen LogP contribution is -2.26. The largest absolute Gasteiger partial charge is 0.299 e. The van der Waals surface area contributed by atoms with E-state index in [2.05, 4.69) is 6.07 Å². The van der Waals surface area contributed by atoms with Gasteiger partial charge < -0.3 is 0 Å². The van der Waals surface area contributed by atoms with Gasteiger partial charge in [0.15, 0.2) is 9.84 Å². The first-order valence-corrected chi connectivity index (χ1v) is 12.1. The number of hydrogen-bond donors (Lipinski definition) is 0. The van der Waals surface area contributed by atoms with E-state index in [1.54, 1.807) is 31.2 Å². The standard InChI is InChI=1S/C17H24O3S.C8H7N/c1-13-8-10-16(11-9-13)21(19,20)14(2)12-17(18)15-6-4-3-5-7-15;9-7-6-8-4-2-1-3-5-8/h8-11,14-15H,3-7,12H2,1-2H3;1-5H,6H2. The Bertz CT molecular complexity index is 938. The van der Waals surface area contributed by atoms with Gasteiger partial charge in [-0.25, -0.2) is 8.42 Å². The minimum Gasteiger partial charge on any atom is -0.299 e. The Morgan fingerprint density at radius 3 is 2.20 bits per heavy atom. The first-order valence-electron chi connectivity index (χ1n) is 10.6. The van der Waals surface area contributed by atoms with E-state index < -0.39 is 15.1 Å². The Balaban J connectivity index is 0.000000297. The molecule has 30 heavy (non-hydrogen) atoms. The highest BCUT2D eigenvalue weighted by molar-refractivity contribution is 7.92. The molecule has 1 unspecified atom stereocenters. The summed E-state index contributed by atoms with van der Waals surface area (Å²) < 4.78 is 25.0. The van der Waals surface area contributed by atoms with Gasteiger partial charge >= 0.3 is 0 Å². The molecule has 2 aromatic carbocycles. The minimum atomic E-state index is -3.41. The van der Waals surface area contributed by atoms with E-state index in [9.17, 15) is 13.2 Å². The summed E-state index contributed by atoms with van der Waals surface area (Å²) in [6.07, 6.45) is 5.89. The lowest BCUT2D eigenvalue weighted by molar-refractivity contribution is -0.123. The van der Waals surface area contributed by atoms with Crippen LogP contribution in [0.4, 0.5) is 0 Å². The van der Waals surface area contributed by atoms with Crippen molar-refractivity contribution < 1.29 is 13.2 Å². The summed E-state index contributed by atoms with van der Waals surface area (Å²) in [7, 11) is -3.41. The quantitative estimate of drug-likeness (QED) is 0.617. The zero-order chi connectivity index (χ0) is 22.0. The predicted molar refractivity (Wildman–Crippen MR) is 120 cm³/mol. The van der Waals surface area contributed by atoms with Crippen LogP contribution in [-0.2, 0) is 21.1 Å². The highest BCUT2D eigenvalue weighted by Crippen LogP contribution is 2.27. The number of carbonyl (C=O) groups excluding carboxylic acids is 1. The maximum atomic E-state index is 12.5. The van der Waals surface area contributed by atoms with Crippen LogP contribution in [0, 0.1) is 24.2 Å². The van der Waals surface area contributed by atoms with Crippen LogP contribution in [0.2, 0.25) is 0 Å². The Kier molecular flexibility index (Phi) is 9.26. The second-order valence-electron chi connectivity index (χ2n) is 7.99. The van der Waals surface area contributed by atoms with Crippen molar-refractivity contribution >= 4 is 15.6 Å². The third-order valence-corrected chi connectivity index (χ3v) is 7.71. The highest BCUT2D eigenvalue weighted by Gasteiger charge is 2.29. The maximum absolute atomic E-state index is 12.5. The van der Waals surface area contributed by atoms with E-state index in [4.69, 9.17) is 5.26 Å². The van der Waals surface area contributed by atoms with Crippen molar-refractivity contribution in [2.24, 2.45) is 5.92 Å². The fraction of sp³-hybridized carbons (Fsp3) is 0.440. The number of nitriles is 1. The molecule has 0 amide bonds. The number of carbonyl (C=O) groups is 1. The first kappa shape index (κ1) is 23.8. The van der Waals surface area contributed by atoms with Crippen molar-refractivity contribution in [3.8, 4) is 6.07 Å². The number of hydrogen-bond acceptors (Lipinski definition) is 4. The Labute approximate surface area is 180 Å². The van der Waals surface area contributed by atoms with E-state index in [0.29, 0.717) is 11.3 Å². The molecule has 160 valence electrons. The van der Waals surface area contributed by atoms with Crippen molar-refractivity contribution in [1.29, 1.82) is 5.26 Å². The number of ketones is 1. The molecule has 0 N–H and O–H groups in total. The smallest absolute Gasteiger partial charge is 0.181 e. The van der Waals surface area contributed by atoms with E-state index in [0.717, 1.165) is 36.8 Å². The molecule has 0 heterocycles. The third-order valence-electron chi connectivity index (χ3n) is 5.55. The number of aryl methyl sites for hydroxylation is 1. The van der Waals surface area contributed by atoms with E-state index >= 15 is 0 Å². The average molecular weight is 426 g/mol. The molecule has 1 fully saturated rings. The number of benzene rings is 2. The topological polar surface area (TPSA) is 75.0 Å². The van der Waals surface area contributed by atoms with Gasteiger partial charge in [0.2, 0.25) is 0 Å². The van der Waals surface area contributed by atoms with Gasteiger partial charge in [-0.3, -0.25) is 4.79 Å². The summed E-state index contributed by atoms with van der Waals surface area (Å²) in [6.45, 7) is 3.57. The monoisotopic (exact) mass is 425 g/mol. The van der Waals surface area contributed by atoms with Gasteiger partial charge in [0, 0.05) is 12.3 Å². The van der Waals surface area contributed by atoms with Gasteiger partial charge in [-0.05, 0) is 44.4 Å². The molecular weight excluding hydrogens is 394 g/mol. The molecule has 1 aliphatic carbocycles. The fourth-order valence-corrected chi connectivity index (χ4v) is 5.00. The van der Waals surface area contributed by atoms with Crippen LogP contribution in [0.3, 0.4) is 0 Å². The molecule has 1 aliphatic rings. The molecule has 0 aliphatic heterocycles. The van der Waals surface area contributed by atoms with Crippen LogP contribution in [0.25, 0.3) is 0 Å². The zero-order valence-corrected chi connectivity index (χ0v) is 18.7. The van der Waals surface area contributed by atoms with Crippen molar-refractivity contribution in [2.75, 3.05) is 0 Å². The summed E-state index contributed by atoms with van der Waals surface area (Å²) in [4.78, 5) is 12.6. The number of nitrogens with zero attached hydrogens (tertiary/aromatic N) is 1. The van der Waals surface area contributed by atoms with E-state index in [1.165, 1.54) is 6.42 Å². The van der Waals surface area contributed by atoms with Crippen molar-refractivity contribution in [3.05, 3.63) is 65.7 Å². The molecule has 0 radical (unpaired) electrons. The van der Waals surface area contributed by atoms with Gasteiger partial charge in [-0.15, -0.1) is 0 Å². The van der Waals surface area contributed by atoms with Crippen molar-refractivity contribution in [2.45, 2.75) is 68.9 Å². The van der Waals surface area contributed by atoms with E-state index in [1.807, 2.05) is 37.3 Å². The van der Waals surface area contributed by atoms with Crippen LogP contribution in [0.15, 0.2) is 59.5 Å². The number of sulfone groups is 1. The lowest BCUT2D eigenvalue weighted by Gasteiger charge is -2.22. The summed E-state index contributed by atoms with van der Waals surface area (Å²) in [5.74, 6) is 0.201. The van der Waals surface area contributed by atoms with Crippen LogP contribution in [0.5, 0.6) is 0 Å². The Morgan fingerprint density at radius 2 is 1.63 bits per heavy atom. The number of Topliss-reactive ketones (excluding diaryl/α,β-unsaturated/α-hetero) is 1. The Hall–Kier alpha value is -2.45. The van der Waals surface area contributed by atoms with Gasteiger partial charge in [-0.1, -0.05) is 67.3 Å². The summed E-state index contributed by atoms with van der Waals surface area (Å²) in [5.41, 5.74) is 2.11. The summed E-state index contributed by atoms with van der Waals surface area (Å²) in [5, 5.41) is 7.63. The van der Waals surface area contributed by atoms with Gasteiger partial charge in [0.05, 0.1) is 22.6 Å². The summed E-state index contributed by atoms with van der Waals surface area (Å²) in [6, 6.07) is 18.6. The van der Waals surface area contributed by atoms with Crippen LogP contribution in [0.1, 0.15) is 56.6 Å². The molecule has 1 saturated carbocycles. The molecular formula is C25H31NO3S. The molecule has 0 saturated heterocycles. The van der Waals surface area contributed by atoms with Crippen LogP contribution < -0.4 is 0 Å². The molecule has 0 bridgehead atoms. The maximum Gasteiger partial charge on any atom is 0.181 e. The average Bonchev–Trinajstić information content (AvgIpc) is 2.76. The van der Waals surface area contributed by atoms with E-state index in [-0.39, 0.29) is 18.1 Å². The normalized spacial score (nSPS) is 15.4. The summed E-state index contributed by atoms with van der Waals surface area (Å²) >= 11 is 0. The fourth-order valence-electron chi connectivity index (χ4n) is 3.63. The van der Waals surface area contributed by atoms with Crippen molar-refractivity contribution in [3.63, 3.8) is 0 Å². The van der Waals surface area contributed by atoms with Gasteiger partial charge in [0.1, 0.15) is 5.78 Å². The molecule has 5 heteroatoms. The first-order chi connectivity index (χ1) is 14.3. The molecule has 4 nitrogen and oxygen atoms in total. The van der Waals surface area contributed by atoms with Gasteiger partial charge in [0.25, 0.3) is 0 Å². The van der Waals surface area contributed by atoms with Gasteiger partial charge in [-0.2, -0.15) is 5.26 Å². The molecule has 2 aromatic rings. The second-order valence-corrected chi connectivity index (χ2v) is 10.4. The predicted octanol–water partition coefficient (Wildman–Crippen LogP) is 5.45. The Morgan fingerprint density at radius 1 is 1.03 bits per heavy atom. The molecule has 3 rings (SSSR count). The molecule has 0 aromatic heterocycles. The van der Waals surface area contributed by atoms with Crippen LogP contribution in [-0.4, -0.2) is 19.5 Å². The van der Waals surface area contributed by atoms with Crippen molar-refractivity contribution in [1.82, 2.24) is 0 Å². The zero-order valence-electron chi connectivity index (χ0n) is 17.9. The molecule has 0 spiro atoms. The lowest BCUT2D eigenvalue weighted by atomic mass is 9.85. The minimum absolute atomic E-state index is 0.0782. The molecule has 1 atom stereocenters. The third kappa shape index (κ3) is 7.11. The number of rotatable bonds is 6. The SMILES string of the molecule is Cc1ccc(S(=O)(=O)C(C)CC(=O)C2CCCCC2)cc1.N#CCc1ccccc1. The van der Waals surface area contributed by atoms with Crippen LogP contribution >= 0.6 is 0 Å². The highest BCUT2D eigenvalue weighted by atomic mass is 32.2.